The van der Waals surface area contributed by atoms with Gasteiger partial charge in [0.25, 0.3) is 0 Å². The molecule has 0 saturated heterocycles. The first-order chi connectivity index (χ1) is 10.8. The van der Waals surface area contributed by atoms with E-state index in [4.69, 9.17) is 0 Å². The molecule has 0 spiro atoms. The SMILES string of the molecule is C/C=C(\C)C[Si](c1ccccc1)c1ccccc1.[CH2-]C.[CH2-]C.[Li+].[Zn]. The third-order valence-corrected chi connectivity index (χ3v) is 6.16. The smallest absolute Gasteiger partial charge is 0.346 e. The van der Waals surface area contributed by atoms with Gasteiger partial charge in [-0.3, -0.25) is 0 Å². The molecule has 0 aliphatic rings. The maximum atomic E-state index is 3.25. The molecule has 0 aromatic heterocycles. The molecule has 0 aliphatic carbocycles. The molecule has 1 radical (unpaired) electrons. The molecule has 24 heavy (non-hydrogen) atoms. The number of hydrogen-bond acceptors (Lipinski definition) is 0. The molecule has 2 aromatic rings. The van der Waals surface area contributed by atoms with Gasteiger partial charge in [0.05, 0.1) is 0 Å². The minimum Gasteiger partial charge on any atom is -0.346 e. The van der Waals surface area contributed by atoms with Crippen molar-refractivity contribution < 1.29 is 38.3 Å². The predicted molar refractivity (Wildman–Crippen MR) is 104 cm³/mol. The molecule has 2 rings (SSSR count). The van der Waals surface area contributed by atoms with Gasteiger partial charge in [-0.2, -0.15) is 13.8 Å². The second kappa shape index (κ2) is 18.9. The molecule has 0 saturated carbocycles. The summed E-state index contributed by atoms with van der Waals surface area (Å²) in [5, 5.41) is 2.99. The first-order valence-electron chi connectivity index (χ1n) is 7.81. The summed E-state index contributed by atoms with van der Waals surface area (Å²) in [6, 6.07) is 23.0. The molecule has 3 heteroatoms. The molecule has 2 aromatic carbocycles. The molecule has 0 fully saturated rings. The Hall–Kier alpha value is -0.382. The first kappa shape index (κ1) is 28.4. The van der Waals surface area contributed by atoms with Gasteiger partial charge in [-0.05, 0) is 19.9 Å². The van der Waals surface area contributed by atoms with Crippen LogP contribution in [0.3, 0.4) is 0 Å². The van der Waals surface area contributed by atoms with Crippen LogP contribution in [-0.2, 0) is 19.5 Å². The van der Waals surface area contributed by atoms with Crippen LogP contribution in [0.15, 0.2) is 72.3 Å². The van der Waals surface area contributed by atoms with Crippen molar-refractivity contribution >= 4 is 19.2 Å². The van der Waals surface area contributed by atoms with Crippen LogP contribution in [0.5, 0.6) is 0 Å². The van der Waals surface area contributed by atoms with Crippen molar-refractivity contribution in [2.24, 2.45) is 0 Å². The summed E-state index contributed by atoms with van der Waals surface area (Å²) in [4.78, 5) is 0. The zero-order chi connectivity index (χ0) is 16.8. The van der Waals surface area contributed by atoms with Gasteiger partial charge in [-0.25, -0.2) is 0 Å². The van der Waals surface area contributed by atoms with Gasteiger partial charge >= 0.3 is 18.9 Å². The Bertz CT molecular complexity index is 472. The number of hydrogen-bond donors (Lipinski definition) is 0. The van der Waals surface area contributed by atoms with E-state index in [9.17, 15) is 0 Å². The van der Waals surface area contributed by atoms with Crippen molar-refractivity contribution in [2.45, 2.75) is 33.7 Å². The van der Waals surface area contributed by atoms with E-state index in [1.54, 1.807) is 13.8 Å². The maximum Gasteiger partial charge on any atom is 1.00 e. The van der Waals surface area contributed by atoms with E-state index >= 15 is 0 Å². The fourth-order valence-corrected chi connectivity index (χ4v) is 4.72. The van der Waals surface area contributed by atoms with Crippen molar-refractivity contribution in [3.8, 4) is 0 Å². The summed E-state index contributed by atoms with van der Waals surface area (Å²) in [7, 11) is -0.679. The normalized spacial score (nSPS) is 9.38. The molecular weight excluding hydrogens is 353 g/mol. The average molecular weight is 382 g/mol. The van der Waals surface area contributed by atoms with E-state index in [-0.39, 0.29) is 38.3 Å². The molecule has 0 bridgehead atoms. The van der Waals surface area contributed by atoms with Crippen molar-refractivity contribution in [1.29, 1.82) is 0 Å². The Labute approximate surface area is 176 Å². The van der Waals surface area contributed by atoms with Gasteiger partial charge in [-0.1, -0.05) is 82.7 Å². The topological polar surface area (TPSA) is 0 Å². The van der Waals surface area contributed by atoms with E-state index in [0.29, 0.717) is 0 Å². The summed E-state index contributed by atoms with van der Waals surface area (Å²) in [5.41, 5.74) is 1.48. The van der Waals surface area contributed by atoms with E-state index in [0.717, 1.165) is 0 Å². The fraction of sp³-hybridized carbons (Fsp3) is 0.238. The van der Waals surface area contributed by atoms with E-state index < -0.39 is 8.80 Å². The van der Waals surface area contributed by atoms with Crippen LogP contribution in [-0.4, -0.2) is 8.80 Å². The molecule has 0 aliphatic heterocycles. The maximum absolute atomic E-state index is 3.25. The Morgan fingerprint density at radius 3 is 1.46 bits per heavy atom. The average Bonchev–Trinajstić information content (AvgIpc) is 2.64. The number of rotatable bonds is 4. The summed E-state index contributed by atoms with van der Waals surface area (Å²) >= 11 is 0. The summed E-state index contributed by atoms with van der Waals surface area (Å²) < 4.78 is 0. The predicted octanol–water partition coefficient (Wildman–Crippen LogP) is 1.94. The first-order valence-corrected chi connectivity index (χ1v) is 9.52. The summed E-state index contributed by atoms with van der Waals surface area (Å²) in [6.07, 6.45) is 2.23. The largest absolute Gasteiger partial charge is 1.00 e. The number of allylic oxidation sites excluding steroid dienone is 2. The minimum atomic E-state index is -0.679. The third-order valence-electron chi connectivity index (χ3n) is 3.19. The van der Waals surface area contributed by atoms with Crippen LogP contribution in [0, 0.1) is 13.8 Å². The molecule has 0 heterocycles. The van der Waals surface area contributed by atoms with Crippen LogP contribution in [0.25, 0.3) is 0 Å². The molecule has 121 valence electrons. The Kier molecular flexibility index (Phi) is 22.4. The van der Waals surface area contributed by atoms with E-state index in [1.807, 2.05) is 0 Å². The summed E-state index contributed by atoms with van der Waals surface area (Å²) in [6.45, 7) is 14.4. The fourth-order valence-electron chi connectivity index (χ4n) is 2.03. The van der Waals surface area contributed by atoms with E-state index in [1.165, 1.54) is 22.0 Å². The molecule has 0 atom stereocenters. The second-order valence-corrected chi connectivity index (χ2v) is 6.99. The van der Waals surface area contributed by atoms with Crippen LogP contribution < -0.4 is 29.2 Å². The Morgan fingerprint density at radius 1 is 0.833 bits per heavy atom. The molecule has 0 amide bonds. The monoisotopic (exact) mass is 380 g/mol. The van der Waals surface area contributed by atoms with Gasteiger partial charge < -0.3 is 13.8 Å². The van der Waals surface area contributed by atoms with Gasteiger partial charge in [0.1, 0.15) is 8.80 Å². The van der Waals surface area contributed by atoms with Gasteiger partial charge in [0.15, 0.2) is 0 Å². The van der Waals surface area contributed by atoms with Crippen LogP contribution in [0.4, 0.5) is 0 Å². The minimum absolute atomic E-state index is 0. The van der Waals surface area contributed by atoms with Gasteiger partial charge in [0, 0.05) is 19.5 Å². The van der Waals surface area contributed by atoms with E-state index in [2.05, 4.69) is 94.4 Å². The van der Waals surface area contributed by atoms with Crippen LogP contribution in [0.1, 0.15) is 27.7 Å². The quantitative estimate of drug-likeness (QED) is 0.431. The van der Waals surface area contributed by atoms with Crippen LogP contribution in [0.2, 0.25) is 6.04 Å². The van der Waals surface area contributed by atoms with Crippen molar-refractivity contribution in [3.05, 3.63) is 86.2 Å². The van der Waals surface area contributed by atoms with Crippen molar-refractivity contribution in [2.75, 3.05) is 0 Å². The Balaban J connectivity index is -0.000000684. The second-order valence-electron chi connectivity index (χ2n) is 4.52. The zero-order valence-corrected chi connectivity index (χ0v) is 20.1. The molecule has 0 N–H and O–H groups in total. The van der Waals surface area contributed by atoms with Crippen molar-refractivity contribution in [3.63, 3.8) is 0 Å². The zero-order valence-electron chi connectivity index (χ0n) is 16.2. The molecule has 0 nitrogen and oxygen atoms in total. The van der Waals surface area contributed by atoms with Crippen molar-refractivity contribution in [1.82, 2.24) is 0 Å². The molecular formula is C21H29LiSiZn-. The molecule has 0 unspecified atom stereocenters. The van der Waals surface area contributed by atoms with Gasteiger partial charge in [0.2, 0.25) is 0 Å². The number of benzene rings is 2. The summed E-state index contributed by atoms with van der Waals surface area (Å²) in [5.74, 6) is 0. The third kappa shape index (κ3) is 10.5. The standard InChI is InChI=1S/C17H19Si.2C2H5.Li.Zn/c1-3-15(2)14-18(16-10-6-4-7-11-16)17-12-8-5-9-13-17;2*1-2;;/h3-13H,14H2,1-2H3;2*1H2,2H3;;/q;2*-1;+1;/b15-3+;;;;. The van der Waals surface area contributed by atoms with Crippen LogP contribution >= 0.6 is 0 Å². The van der Waals surface area contributed by atoms with Gasteiger partial charge in [-0.15, -0.1) is 0 Å². The Morgan fingerprint density at radius 2 is 1.17 bits per heavy atom.